The lowest BCUT2D eigenvalue weighted by Crippen LogP contribution is -2.10. The number of allylic oxidation sites excluding steroid dienone is 5. The molecule has 0 fully saturated rings. The van der Waals surface area contributed by atoms with Crippen LogP contribution in [0, 0.1) is 5.92 Å². The minimum absolute atomic E-state index is 0.525. The van der Waals surface area contributed by atoms with Crippen molar-refractivity contribution in [2.24, 2.45) is 16.6 Å². The fourth-order valence-electron chi connectivity index (χ4n) is 0.998. The number of nitrogens with two attached hydrogens (primary N) is 1. The van der Waals surface area contributed by atoms with Gasteiger partial charge in [0.05, 0.1) is 11.4 Å². The van der Waals surface area contributed by atoms with E-state index >= 15 is 0 Å². The second-order valence-electron chi connectivity index (χ2n) is 3.98. The second kappa shape index (κ2) is 6.23. The third kappa shape index (κ3) is 4.63. The Bertz CT molecular complexity index is 317. The largest absolute Gasteiger partial charge is 0.397 e. The van der Waals surface area contributed by atoms with Crippen molar-refractivity contribution in [1.29, 1.82) is 0 Å². The summed E-state index contributed by atoms with van der Waals surface area (Å²) in [4.78, 5) is 4.06. The van der Waals surface area contributed by atoms with Gasteiger partial charge in [0, 0.05) is 7.05 Å². The molecule has 0 spiro atoms. The van der Waals surface area contributed by atoms with Gasteiger partial charge in [0.15, 0.2) is 0 Å². The molecule has 0 heterocycles. The van der Waals surface area contributed by atoms with E-state index in [0.717, 1.165) is 22.6 Å². The maximum Gasteiger partial charge on any atom is 0.0560 e. The van der Waals surface area contributed by atoms with Crippen LogP contribution in [-0.4, -0.2) is 12.8 Å². The summed E-state index contributed by atoms with van der Waals surface area (Å²) in [6.45, 7) is 12.1. The fraction of sp³-hybridized carbons (Fsp3) is 0.462. The summed E-state index contributed by atoms with van der Waals surface area (Å²) >= 11 is 0. The van der Waals surface area contributed by atoms with Crippen molar-refractivity contribution in [2.45, 2.75) is 27.7 Å². The van der Waals surface area contributed by atoms with E-state index in [1.165, 1.54) is 0 Å². The van der Waals surface area contributed by atoms with Gasteiger partial charge in [0.1, 0.15) is 0 Å². The molecule has 0 rings (SSSR count). The van der Waals surface area contributed by atoms with E-state index in [2.05, 4.69) is 31.5 Å². The highest BCUT2D eigenvalue weighted by atomic mass is 14.7. The average molecular weight is 206 g/mol. The van der Waals surface area contributed by atoms with E-state index in [1.807, 2.05) is 19.9 Å². The van der Waals surface area contributed by atoms with Crippen molar-refractivity contribution in [3.05, 3.63) is 35.6 Å². The van der Waals surface area contributed by atoms with E-state index in [4.69, 9.17) is 5.73 Å². The first-order valence-electron chi connectivity index (χ1n) is 5.17. The van der Waals surface area contributed by atoms with Crippen molar-refractivity contribution >= 4 is 5.71 Å². The third-order valence-electron chi connectivity index (χ3n) is 2.29. The second-order valence-corrected chi connectivity index (χ2v) is 3.98. The van der Waals surface area contributed by atoms with Crippen molar-refractivity contribution in [3.8, 4) is 0 Å². The molecular formula is C13H22N2. The molecule has 0 unspecified atom stereocenters. The van der Waals surface area contributed by atoms with E-state index in [0.29, 0.717) is 5.92 Å². The molecule has 15 heavy (non-hydrogen) atoms. The first-order valence-corrected chi connectivity index (χ1v) is 5.17. The van der Waals surface area contributed by atoms with Gasteiger partial charge in [-0.1, -0.05) is 32.6 Å². The Morgan fingerprint density at radius 1 is 1.33 bits per heavy atom. The predicted octanol–water partition coefficient (Wildman–Crippen LogP) is 3.08. The molecule has 0 aliphatic rings. The van der Waals surface area contributed by atoms with Crippen LogP contribution in [0.5, 0.6) is 0 Å². The zero-order chi connectivity index (χ0) is 12.0. The molecule has 0 aliphatic carbocycles. The van der Waals surface area contributed by atoms with Gasteiger partial charge in [0.2, 0.25) is 0 Å². The quantitative estimate of drug-likeness (QED) is 0.557. The lowest BCUT2D eigenvalue weighted by Gasteiger charge is -2.07. The van der Waals surface area contributed by atoms with Gasteiger partial charge < -0.3 is 5.73 Å². The highest BCUT2D eigenvalue weighted by Crippen LogP contribution is 2.13. The maximum atomic E-state index is 5.93. The SMILES string of the molecule is C=C(/C=C/C(C)C)/C(C)=C(/N)C(C)=NC. The summed E-state index contributed by atoms with van der Waals surface area (Å²) in [5.74, 6) is 0.525. The standard InChI is InChI=1S/C13H22N2/c1-9(2)7-8-10(3)11(4)13(14)12(5)15-6/h7-9H,3,14H2,1-2,4-6H3/b8-7+,13-11+,15-12?. The summed E-state index contributed by atoms with van der Waals surface area (Å²) in [6, 6.07) is 0. The molecule has 0 bridgehead atoms. The summed E-state index contributed by atoms with van der Waals surface area (Å²) in [5.41, 5.74) is 9.45. The number of nitrogens with zero attached hydrogens (tertiary/aromatic N) is 1. The minimum Gasteiger partial charge on any atom is -0.397 e. The fourth-order valence-corrected chi connectivity index (χ4v) is 0.998. The molecule has 0 saturated carbocycles. The lowest BCUT2D eigenvalue weighted by molar-refractivity contribution is 0.831. The van der Waals surface area contributed by atoms with Crippen LogP contribution >= 0.6 is 0 Å². The van der Waals surface area contributed by atoms with Crippen LogP contribution in [0.15, 0.2) is 40.6 Å². The molecule has 2 N–H and O–H groups in total. The number of hydrogen-bond donors (Lipinski definition) is 1. The first-order chi connectivity index (χ1) is 6.90. The molecule has 0 aromatic carbocycles. The molecule has 0 atom stereocenters. The van der Waals surface area contributed by atoms with Gasteiger partial charge in [-0.05, 0) is 30.9 Å². The van der Waals surface area contributed by atoms with Gasteiger partial charge in [-0.3, -0.25) is 4.99 Å². The molecule has 2 nitrogen and oxygen atoms in total. The summed E-state index contributed by atoms with van der Waals surface area (Å²) in [6.07, 6.45) is 4.12. The first kappa shape index (κ1) is 13.7. The Balaban J connectivity index is 4.85. The van der Waals surface area contributed by atoms with Crippen LogP contribution in [0.4, 0.5) is 0 Å². The molecule has 84 valence electrons. The van der Waals surface area contributed by atoms with Crippen LogP contribution in [0.1, 0.15) is 27.7 Å². The average Bonchev–Trinajstić information content (AvgIpc) is 2.22. The molecular weight excluding hydrogens is 184 g/mol. The zero-order valence-corrected chi connectivity index (χ0v) is 10.5. The highest BCUT2D eigenvalue weighted by Gasteiger charge is 2.02. The van der Waals surface area contributed by atoms with Crippen LogP contribution in [0.25, 0.3) is 0 Å². The van der Waals surface area contributed by atoms with E-state index in [-0.39, 0.29) is 0 Å². The van der Waals surface area contributed by atoms with E-state index in [1.54, 1.807) is 7.05 Å². The maximum absolute atomic E-state index is 5.93. The van der Waals surface area contributed by atoms with Crippen LogP contribution in [-0.2, 0) is 0 Å². The predicted molar refractivity (Wildman–Crippen MR) is 69.0 cm³/mol. The van der Waals surface area contributed by atoms with Gasteiger partial charge >= 0.3 is 0 Å². The van der Waals surface area contributed by atoms with E-state index < -0.39 is 0 Å². The van der Waals surface area contributed by atoms with E-state index in [9.17, 15) is 0 Å². The summed E-state index contributed by atoms with van der Waals surface area (Å²) in [7, 11) is 1.74. The normalized spacial score (nSPS) is 14.7. The molecule has 0 aromatic heterocycles. The smallest absolute Gasteiger partial charge is 0.0560 e. The van der Waals surface area contributed by atoms with Crippen molar-refractivity contribution in [1.82, 2.24) is 0 Å². The van der Waals surface area contributed by atoms with Gasteiger partial charge in [-0.2, -0.15) is 0 Å². The molecule has 0 radical (unpaired) electrons. The van der Waals surface area contributed by atoms with Crippen LogP contribution in [0.3, 0.4) is 0 Å². The molecule has 0 aromatic rings. The van der Waals surface area contributed by atoms with Gasteiger partial charge in [-0.25, -0.2) is 0 Å². The van der Waals surface area contributed by atoms with Crippen molar-refractivity contribution < 1.29 is 0 Å². The number of hydrogen-bond acceptors (Lipinski definition) is 2. The summed E-state index contributed by atoms with van der Waals surface area (Å²) < 4.78 is 0. The lowest BCUT2D eigenvalue weighted by atomic mass is 10.0. The Morgan fingerprint density at radius 3 is 2.27 bits per heavy atom. The molecule has 0 saturated heterocycles. The Kier molecular flexibility index (Phi) is 5.68. The minimum atomic E-state index is 0.525. The molecule has 0 aliphatic heterocycles. The topological polar surface area (TPSA) is 38.4 Å². The number of aliphatic imine (C=N–C) groups is 1. The van der Waals surface area contributed by atoms with Gasteiger partial charge in [0.25, 0.3) is 0 Å². The highest BCUT2D eigenvalue weighted by molar-refractivity contribution is 5.98. The third-order valence-corrected chi connectivity index (χ3v) is 2.29. The summed E-state index contributed by atoms with van der Waals surface area (Å²) in [5, 5.41) is 0. The Morgan fingerprint density at radius 2 is 1.87 bits per heavy atom. The van der Waals surface area contributed by atoms with Crippen molar-refractivity contribution in [2.75, 3.05) is 7.05 Å². The molecule has 2 heteroatoms. The molecule has 0 amide bonds. The van der Waals surface area contributed by atoms with Crippen LogP contribution in [0.2, 0.25) is 0 Å². The Hall–Kier alpha value is -1.31. The Labute approximate surface area is 93.3 Å². The van der Waals surface area contributed by atoms with Gasteiger partial charge in [-0.15, -0.1) is 0 Å². The van der Waals surface area contributed by atoms with Crippen molar-refractivity contribution in [3.63, 3.8) is 0 Å². The number of rotatable bonds is 4. The zero-order valence-electron chi connectivity index (χ0n) is 10.5. The monoisotopic (exact) mass is 206 g/mol. The van der Waals surface area contributed by atoms with Crippen LogP contribution < -0.4 is 5.73 Å².